The molecule has 1 atom stereocenters. The Labute approximate surface area is 241 Å². The van der Waals surface area contributed by atoms with Crippen molar-refractivity contribution in [3.8, 4) is 17.0 Å². The Balaban J connectivity index is 1.29. The Bertz CT molecular complexity index is 1610. The molecule has 1 unspecified atom stereocenters. The van der Waals surface area contributed by atoms with Crippen molar-refractivity contribution in [1.29, 1.82) is 0 Å². The van der Waals surface area contributed by atoms with E-state index in [1.165, 1.54) is 37.2 Å². The number of thioether (sulfide) groups is 1. The third kappa shape index (κ3) is 6.05. The lowest BCUT2D eigenvalue weighted by Crippen LogP contribution is -2.28. The highest BCUT2D eigenvalue weighted by Crippen LogP contribution is 2.59. The molecule has 0 radical (unpaired) electrons. The van der Waals surface area contributed by atoms with E-state index in [2.05, 4.69) is 20.4 Å². The normalized spacial score (nSPS) is 15.0. The predicted octanol–water partition coefficient (Wildman–Crippen LogP) is 4.79. The van der Waals surface area contributed by atoms with Crippen LogP contribution < -0.4 is 10.1 Å². The minimum Gasteiger partial charge on any atom is -0.496 e. The van der Waals surface area contributed by atoms with Crippen molar-refractivity contribution in [3.63, 3.8) is 0 Å². The Hall–Kier alpha value is -3.75. The molecule has 1 amide bonds. The molecule has 5 rings (SSSR count). The fraction of sp³-hybridized carbons (Fsp3) is 0.357. The van der Waals surface area contributed by atoms with Gasteiger partial charge in [0.2, 0.25) is 5.91 Å². The molecule has 0 bridgehead atoms. The zero-order valence-electron chi connectivity index (χ0n) is 22.2. The van der Waals surface area contributed by atoms with E-state index in [9.17, 15) is 32.6 Å². The molecule has 14 heteroatoms. The van der Waals surface area contributed by atoms with E-state index in [0.29, 0.717) is 34.5 Å². The zero-order valence-corrected chi connectivity index (χ0v) is 23.1. The first-order chi connectivity index (χ1) is 20.1. The van der Waals surface area contributed by atoms with Gasteiger partial charge in [0.05, 0.1) is 49.0 Å². The van der Waals surface area contributed by atoms with E-state index >= 15 is 0 Å². The Morgan fingerprint density at radius 3 is 2.60 bits per heavy atom. The smallest absolute Gasteiger partial charge is 0.401 e. The average Bonchev–Trinajstić information content (AvgIpc) is 3.66. The van der Waals surface area contributed by atoms with E-state index in [-0.39, 0.29) is 54.2 Å². The van der Waals surface area contributed by atoms with Gasteiger partial charge in [-0.3, -0.25) is 9.78 Å². The quantitative estimate of drug-likeness (QED) is 0.163. The van der Waals surface area contributed by atoms with Crippen molar-refractivity contribution in [1.82, 2.24) is 15.1 Å². The fourth-order valence-corrected chi connectivity index (χ4v) is 5.28. The van der Waals surface area contributed by atoms with Crippen LogP contribution in [-0.4, -0.2) is 62.3 Å². The summed E-state index contributed by atoms with van der Waals surface area (Å²) in [4.78, 5) is 21.5. The molecule has 2 aromatic carbocycles. The number of nitrogens with zero attached hydrogens (tertiary/aromatic N) is 3. The maximum atomic E-state index is 15.0. The van der Waals surface area contributed by atoms with Crippen molar-refractivity contribution in [3.05, 3.63) is 65.3 Å². The second-order valence-electron chi connectivity index (χ2n) is 9.90. The van der Waals surface area contributed by atoms with Gasteiger partial charge in [-0.15, -0.1) is 11.8 Å². The van der Waals surface area contributed by atoms with E-state index in [4.69, 9.17) is 9.26 Å². The number of hydrogen-bond donors (Lipinski definition) is 3. The molecule has 4 aromatic rings. The molecule has 1 aliphatic carbocycles. The van der Waals surface area contributed by atoms with Crippen LogP contribution in [0.5, 0.6) is 5.75 Å². The molecule has 3 N–H and O–H groups in total. The summed E-state index contributed by atoms with van der Waals surface area (Å²) in [7, 11) is 1.51. The van der Waals surface area contributed by atoms with Gasteiger partial charge in [0, 0.05) is 22.9 Å². The average molecular weight is 607 g/mol. The Morgan fingerprint density at radius 2 is 1.95 bits per heavy atom. The molecule has 0 aliphatic heterocycles. The molecule has 1 saturated carbocycles. The number of alkyl halides is 3. The molecule has 1 fully saturated rings. The summed E-state index contributed by atoms with van der Waals surface area (Å²) in [6, 6.07) is 8.76. The van der Waals surface area contributed by atoms with Crippen LogP contribution in [-0.2, 0) is 23.1 Å². The molecule has 1 aliphatic rings. The van der Waals surface area contributed by atoms with E-state index in [0.717, 1.165) is 11.6 Å². The number of amides is 1. The third-order valence-corrected chi connectivity index (χ3v) is 8.08. The lowest BCUT2D eigenvalue weighted by Gasteiger charge is -2.15. The highest BCUT2D eigenvalue weighted by Gasteiger charge is 2.66. The zero-order chi connectivity index (χ0) is 30.1. The van der Waals surface area contributed by atoms with Gasteiger partial charge in [-0.25, -0.2) is 9.37 Å². The van der Waals surface area contributed by atoms with Crippen molar-refractivity contribution in [2.75, 3.05) is 25.0 Å². The highest BCUT2D eigenvalue weighted by atomic mass is 32.2. The number of fused-ring (bicyclic) bond motifs is 1. The maximum absolute atomic E-state index is 15.0. The van der Waals surface area contributed by atoms with Crippen LogP contribution in [0.15, 0.2) is 47.1 Å². The molecule has 2 aromatic heterocycles. The Morgan fingerprint density at radius 1 is 1.17 bits per heavy atom. The molecule has 42 heavy (non-hydrogen) atoms. The number of aliphatic hydroxyl groups is 2. The van der Waals surface area contributed by atoms with Gasteiger partial charge in [-0.1, -0.05) is 17.3 Å². The van der Waals surface area contributed by atoms with Crippen LogP contribution in [0.4, 0.5) is 23.4 Å². The summed E-state index contributed by atoms with van der Waals surface area (Å²) >= 11 is 1.22. The number of rotatable bonds is 11. The standard InChI is InChI=1S/C28H26F4N4O5S/c1-40-23-10-21-20(8-17(23)6-18(13-37)42-14-38)33-12-22(34-21)16-3-2-15(19(29)7-16)9-26(39)35-25-11-24(41-36-25)27(4-5-27)28(30,31)32/h2-3,7-8,10-12,18,37-38H,4-6,9,13-14H2,1H3,(H,35,36,39). The molecular formula is C28H26F4N4O5S. The largest absolute Gasteiger partial charge is 0.496 e. The topological polar surface area (TPSA) is 131 Å². The highest BCUT2D eigenvalue weighted by molar-refractivity contribution is 7.99. The van der Waals surface area contributed by atoms with Crippen molar-refractivity contribution < 1.29 is 41.8 Å². The van der Waals surface area contributed by atoms with E-state index in [1.54, 1.807) is 18.2 Å². The summed E-state index contributed by atoms with van der Waals surface area (Å²) in [5.74, 6) is -1.48. The van der Waals surface area contributed by atoms with Gasteiger partial charge >= 0.3 is 6.18 Å². The molecule has 0 spiro atoms. The van der Waals surface area contributed by atoms with Crippen LogP contribution in [0.25, 0.3) is 22.3 Å². The van der Waals surface area contributed by atoms with E-state index < -0.39 is 23.3 Å². The SMILES string of the molecule is COc1cc2nc(-c3ccc(CC(=O)Nc4cc(C5(C(F)(F)F)CC5)on4)c(F)c3)cnc2cc1CC(CO)SCO. The van der Waals surface area contributed by atoms with Gasteiger partial charge in [-0.05, 0) is 42.5 Å². The van der Waals surface area contributed by atoms with Crippen LogP contribution in [0.3, 0.4) is 0 Å². The second-order valence-corrected chi connectivity index (χ2v) is 11.2. The summed E-state index contributed by atoms with van der Waals surface area (Å²) in [6.45, 7) is -0.121. The van der Waals surface area contributed by atoms with Gasteiger partial charge in [0.25, 0.3) is 0 Å². The minimum atomic E-state index is -4.48. The van der Waals surface area contributed by atoms with Gasteiger partial charge in [0.15, 0.2) is 11.6 Å². The number of methoxy groups -OCH3 is 1. The monoisotopic (exact) mass is 606 g/mol. The summed E-state index contributed by atoms with van der Waals surface area (Å²) in [5.41, 5.74) is 0.641. The summed E-state index contributed by atoms with van der Waals surface area (Å²) in [6.07, 6.45) is -3.15. The maximum Gasteiger partial charge on any atom is 0.401 e. The lowest BCUT2D eigenvalue weighted by molar-refractivity contribution is -0.165. The number of carbonyl (C=O) groups is 1. The van der Waals surface area contributed by atoms with Crippen molar-refractivity contribution in [2.24, 2.45) is 0 Å². The van der Waals surface area contributed by atoms with Crippen molar-refractivity contribution in [2.45, 2.75) is 42.5 Å². The molecular weight excluding hydrogens is 580 g/mol. The van der Waals surface area contributed by atoms with Crippen LogP contribution in [0.2, 0.25) is 0 Å². The number of anilines is 1. The number of ether oxygens (including phenoxy) is 1. The fourth-order valence-electron chi connectivity index (χ4n) is 4.66. The minimum absolute atomic E-state index is 0.0631. The number of aliphatic hydroxyl groups excluding tert-OH is 2. The first kappa shape index (κ1) is 29.7. The molecule has 0 saturated heterocycles. The van der Waals surface area contributed by atoms with Crippen LogP contribution in [0, 0.1) is 5.82 Å². The first-order valence-corrected chi connectivity index (χ1v) is 13.9. The Kier molecular flexibility index (Phi) is 8.39. The predicted molar refractivity (Wildman–Crippen MR) is 147 cm³/mol. The molecule has 9 nitrogen and oxygen atoms in total. The number of benzene rings is 2. The van der Waals surface area contributed by atoms with Crippen LogP contribution in [0.1, 0.15) is 29.7 Å². The molecule has 2 heterocycles. The number of hydrogen-bond acceptors (Lipinski definition) is 9. The van der Waals surface area contributed by atoms with Gasteiger partial charge in [0.1, 0.15) is 17.0 Å². The third-order valence-electron chi connectivity index (χ3n) is 7.15. The summed E-state index contributed by atoms with van der Waals surface area (Å²) in [5, 5.41) is 24.4. The number of aromatic nitrogens is 3. The number of nitrogens with one attached hydrogen (secondary N) is 1. The van der Waals surface area contributed by atoms with Crippen molar-refractivity contribution >= 4 is 34.5 Å². The van der Waals surface area contributed by atoms with E-state index in [1.807, 2.05) is 0 Å². The van der Waals surface area contributed by atoms with Crippen LogP contribution >= 0.6 is 11.8 Å². The second kappa shape index (κ2) is 11.9. The lowest BCUT2D eigenvalue weighted by atomic mass is 10.0. The van der Waals surface area contributed by atoms with Gasteiger partial charge in [-0.2, -0.15) is 13.2 Å². The summed E-state index contributed by atoms with van der Waals surface area (Å²) < 4.78 is 65.2. The molecule has 222 valence electrons. The van der Waals surface area contributed by atoms with Gasteiger partial charge < -0.3 is 24.8 Å². The number of carbonyl (C=O) groups excluding carboxylic acids is 1. The number of halogens is 4. The first-order valence-electron chi connectivity index (χ1n) is 12.9.